The van der Waals surface area contributed by atoms with Gasteiger partial charge in [0.15, 0.2) is 0 Å². The van der Waals surface area contributed by atoms with Gasteiger partial charge in [0.1, 0.15) is 5.75 Å². The second-order valence-electron chi connectivity index (χ2n) is 7.27. The second kappa shape index (κ2) is 6.17. The summed E-state index contributed by atoms with van der Waals surface area (Å²) in [7, 11) is 0. The summed E-state index contributed by atoms with van der Waals surface area (Å²) in [6.45, 7) is 12.7. The molecule has 0 saturated heterocycles. The number of hydrogen-bond acceptors (Lipinski definition) is 2. The minimum atomic E-state index is 0.154. The zero-order valence-electron chi connectivity index (χ0n) is 13.7. The highest BCUT2D eigenvalue weighted by Gasteiger charge is 2.19. The van der Waals surface area contributed by atoms with Crippen molar-refractivity contribution in [3.8, 4) is 5.75 Å². The van der Waals surface area contributed by atoms with Crippen LogP contribution in [0.5, 0.6) is 5.75 Å². The number of aryl methyl sites for hydroxylation is 2. The van der Waals surface area contributed by atoms with Crippen molar-refractivity contribution in [2.75, 3.05) is 6.61 Å². The smallest absolute Gasteiger partial charge is 0.125 e. The van der Waals surface area contributed by atoms with Gasteiger partial charge in [-0.2, -0.15) is 0 Å². The Morgan fingerprint density at radius 1 is 1.15 bits per heavy atom. The topological polar surface area (TPSA) is 21.3 Å². The van der Waals surface area contributed by atoms with Crippen molar-refractivity contribution >= 4 is 0 Å². The molecule has 2 heteroatoms. The van der Waals surface area contributed by atoms with E-state index in [2.05, 4.69) is 52.1 Å². The van der Waals surface area contributed by atoms with Crippen molar-refractivity contribution < 1.29 is 4.74 Å². The summed E-state index contributed by atoms with van der Waals surface area (Å²) in [4.78, 5) is 0. The van der Waals surface area contributed by atoms with Crippen molar-refractivity contribution in [3.63, 3.8) is 0 Å². The molecule has 0 aromatic heterocycles. The highest BCUT2D eigenvalue weighted by atomic mass is 16.5. The molecule has 20 heavy (non-hydrogen) atoms. The summed E-state index contributed by atoms with van der Waals surface area (Å²) in [5, 5.41) is 3.54. The number of rotatable bonds is 5. The van der Waals surface area contributed by atoms with Crippen LogP contribution in [0.4, 0.5) is 0 Å². The molecular weight excluding hydrogens is 246 g/mol. The zero-order chi connectivity index (χ0) is 14.8. The molecule has 2 nitrogen and oxygen atoms in total. The molecule has 1 N–H and O–H groups in total. The van der Waals surface area contributed by atoms with E-state index in [1.165, 1.54) is 36.0 Å². The van der Waals surface area contributed by atoms with E-state index in [4.69, 9.17) is 4.74 Å². The van der Waals surface area contributed by atoms with Gasteiger partial charge in [-0.15, -0.1) is 0 Å². The van der Waals surface area contributed by atoms with Crippen LogP contribution < -0.4 is 10.1 Å². The van der Waals surface area contributed by atoms with Crippen LogP contribution in [0.2, 0.25) is 0 Å². The SMILES string of the molecule is Cc1cc(CNC(C)(C)C)cc(C)c1OCC1CCC1. The normalized spacial score (nSPS) is 16.1. The third kappa shape index (κ3) is 4.24. The first-order valence-electron chi connectivity index (χ1n) is 7.83. The molecule has 0 bridgehead atoms. The average molecular weight is 275 g/mol. The molecule has 1 aliphatic rings. The van der Waals surface area contributed by atoms with Crippen molar-refractivity contribution in [1.82, 2.24) is 5.32 Å². The monoisotopic (exact) mass is 275 g/mol. The summed E-state index contributed by atoms with van der Waals surface area (Å²) >= 11 is 0. The van der Waals surface area contributed by atoms with Gasteiger partial charge in [0.25, 0.3) is 0 Å². The minimum absolute atomic E-state index is 0.154. The average Bonchev–Trinajstić information content (AvgIpc) is 2.26. The zero-order valence-corrected chi connectivity index (χ0v) is 13.7. The number of nitrogens with one attached hydrogen (secondary N) is 1. The summed E-state index contributed by atoms with van der Waals surface area (Å²) in [6, 6.07) is 4.50. The van der Waals surface area contributed by atoms with E-state index >= 15 is 0 Å². The van der Waals surface area contributed by atoms with Crippen LogP contribution >= 0.6 is 0 Å². The van der Waals surface area contributed by atoms with Gasteiger partial charge < -0.3 is 10.1 Å². The van der Waals surface area contributed by atoms with Crippen LogP contribution in [0.1, 0.15) is 56.7 Å². The first kappa shape index (κ1) is 15.4. The molecule has 1 fully saturated rings. The van der Waals surface area contributed by atoms with E-state index in [0.29, 0.717) is 0 Å². The van der Waals surface area contributed by atoms with Gasteiger partial charge in [-0.3, -0.25) is 0 Å². The van der Waals surface area contributed by atoms with Gasteiger partial charge in [-0.1, -0.05) is 18.6 Å². The Morgan fingerprint density at radius 3 is 2.20 bits per heavy atom. The lowest BCUT2D eigenvalue weighted by Gasteiger charge is -2.26. The Balaban J connectivity index is 1.99. The lowest BCUT2D eigenvalue weighted by molar-refractivity contribution is 0.179. The highest BCUT2D eigenvalue weighted by Crippen LogP contribution is 2.30. The Labute approximate surface area is 123 Å². The lowest BCUT2D eigenvalue weighted by atomic mass is 9.86. The van der Waals surface area contributed by atoms with Crippen molar-refractivity contribution in [2.45, 2.75) is 66.0 Å². The molecule has 1 aromatic carbocycles. The van der Waals surface area contributed by atoms with Crippen LogP contribution in [-0.2, 0) is 6.54 Å². The van der Waals surface area contributed by atoms with Gasteiger partial charge in [-0.25, -0.2) is 0 Å². The fourth-order valence-corrected chi connectivity index (χ4v) is 2.60. The predicted molar refractivity (Wildman–Crippen MR) is 85.3 cm³/mol. The maximum absolute atomic E-state index is 6.05. The van der Waals surface area contributed by atoms with E-state index in [-0.39, 0.29) is 5.54 Å². The quantitative estimate of drug-likeness (QED) is 0.861. The summed E-state index contributed by atoms with van der Waals surface area (Å²) < 4.78 is 6.05. The van der Waals surface area contributed by atoms with Gasteiger partial charge in [0, 0.05) is 12.1 Å². The predicted octanol–water partition coefficient (Wildman–Crippen LogP) is 4.37. The van der Waals surface area contributed by atoms with Crippen LogP contribution in [0.3, 0.4) is 0 Å². The molecule has 0 amide bonds. The maximum atomic E-state index is 6.05. The van der Waals surface area contributed by atoms with Crippen molar-refractivity contribution in [1.29, 1.82) is 0 Å². The first-order valence-corrected chi connectivity index (χ1v) is 7.83. The van der Waals surface area contributed by atoms with Crippen molar-refractivity contribution in [3.05, 3.63) is 28.8 Å². The molecule has 1 saturated carbocycles. The van der Waals surface area contributed by atoms with Crippen LogP contribution in [0, 0.1) is 19.8 Å². The van der Waals surface area contributed by atoms with E-state index in [1.54, 1.807) is 0 Å². The number of hydrogen-bond donors (Lipinski definition) is 1. The number of benzene rings is 1. The van der Waals surface area contributed by atoms with Crippen LogP contribution in [0.15, 0.2) is 12.1 Å². The Kier molecular flexibility index (Phi) is 4.74. The molecule has 1 aromatic rings. The van der Waals surface area contributed by atoms with Crippen LogP contribution in [0.25, 0.3) is 0 Å². The Hall–Kier alpha value is -1.02. The molecular formula is C18H29NO. The van der Waals surface area contributed by atoms with E-state index in [9.17, 15) is 0 Å². The molecule has 0 atom stereocenters. The largest absolute Gasteiger partial charge is 0.493 e. The summed E-state index contributed by atoms with van der Waals surface area (Å²) in [5.74, 6) is 1.88. The first-order chi connectivity index (χ1) is 9.35. The molecule has 0 radical (unpaired) electrons. The van der Waals surface area contributed by atoms with Crippen molar-refractivity contribution in [2.24, 2.45) is 5.92 Å². The molecule has 112 valence electrons. The minimum Gasteiger partial charge on any atom is -0.493 e. The van der Waals surface area contributed by atoms with Gasteiger partial charge >= 0.3 is 0 Å². The van der Waals surface area contributed by atoms with Gasteiger partial charge in [0.05, 0.1) is 6.61 Å². The second-order valence-corrected chi connectivity index (χ2v) is 7.27. The molecule has 2 rings (SSSR count). The third-order valence-electron chi connectivity index (χ3n) is 4.03. The Bertz CT molecular complexity index is 432. The maximum Gasteiger partial charge on any atom is 0.125 e. The van der Waals surface area contributed by atoms with Crippen LogP contribution in [-0.4, -0.2) is 12.1 Å². The molecule has 0 heterocycles. The van der Waals surface area contributed by atoms with Gasteiger partial charge in [0.2, 0.25) is 0 Å². The molecule has 0 aliphatic heterocycles. The molecule has 0 spiro atoms. The summed E-state index contributed by atoms with van der Waals surface area (Å²) in [5.41, 5.74) is 4.01. The third-order valence-corrected chi connectivity index (χ3v) is 4.03. The number of ether oxygens (including phenoxy) is 1. The lowest BCUT2D eigenvalue weighted by Crippen LogP contribution is -2.35. The summed E-state index contributed by atoms with van der Waals surface area (Å²) in [6.07, 6.45) is 4.06. The van der Waals surface area contributed by atoms with E-state index < -0.39 is 0 Å². The highest BCUT2D eigenvalue weighted by molar-refractivity contribution is 5.43. The fourth-order valence-electron chi connectivity index (χ4n) is 2.60. The molecule has 1 aliphatic carbocycles. The van der Waals surface area contributed by atoms with E-state index in [0.717, 1.165) is 24.8 Å². The standard InChI is InChI=1S/C18H29NO/c1-13-9-16(11-19-18(3,4)5)10-14(2)17(13)20-12-15-7-6-8-15/h9-10,15,19H,6-8,11-12H2,1-5H3. The Morgan fingerprint density at radius 2 is 1.75 bits per heavy atom. The van der Waals surface area contributed by atoms with E-state index in [1.807, 2.05) is 0 Å². The molecule has 0 unspecified atom stereocenters. The van der Waals surface area contributed by atoms with Gasteiger partial charge in [-0.05, 0) is 70.1 Å². The fraction of sp³-hybridized carbons (Fsp3) is 0.667.